The topological polar surface area (TPSA) is 106 Å². The number of aliphatic imine (C=N–C) groups is 1. The van der Waals surface area contributed by atoms with Gasteiger partial charge in [-0.1, -0.05) is 12.1 Å². The number of nitrogens with zero attached hydrogens (tertiary/aromatic N) is 1. The molecule has 1 aromatic heterocycles. The number of rotatable bonds is 6. The van der Waals surface area contributed by atoms with Gasteiger partial charge in [-0.05, 0) is 29.8 Å². The predicted octanol–water partition coefficient (Wildman–Crippen LogP) is 1.89. The van der Waals surface area contributed by atoms with Gasteiger partial charge in [0, 0.05) is 18.5 Å². The molecule has 0 unspecified atom stereocenters. The van der Waals surface area contributed by atoms with Crippen LogP contribution < -0.4 is 20.5 Å². The summed E-state index contributed by atoms with van der Waals surface area (Å²) < 4.78 is 27.9. The van der Waals surface area contributed by atoms with E-state index in [1.807, 2.05) is 24.3 Å². The second-order valence-electron chi connectivity index (χ2n) is 4.90. The van der Waals surface area contributed by atoms with Gasteiger partial charge in [-0.25, -0.2) is 13.6 Å². The maximum absolute atomic E-state index is 11.3. The zero-order chi connectivity index (χ0) is 17.6. The van der Waals surface area contributed by atoms with Crippen molar-refractivity contribution in [1.29, 1.82) is 0 Å². The summed E-state index contributed by atoms with van der Waals surface area (Å²) in [6.45, 7) is 1.04. The number of hydrogen-bond donors (Lipinski definition) is 3. The number of benzene rings is 1. The molecule has 0 aliphatic heterocycles. The lowest BCUT2D eigenvalue weighted by atomic mass is 10.2. The van der Waals surface area contributed by atoms with E-state index in [1.54, 1.807) is 20.2 Å². The van der Waals surface area contributed by atoms with Crippen LogP contribution in [-0.2, 0) is 23.1 Å². The van der Waals surface area contributed by atoms with Crippen LogP contribution in [0.15, 0.2) is 45.6 Å². The van der Waals surface area contributed by atoms with E-state index in [0.717, 1.165) is 27.5 Å². The summed E-state index contributed by atoms with van der Waals surface area (Å²) in [7, 11) is -0.345. The van der Waals surface area contributed by atoms with Crippen molar-refractivity contribution in [2.45, 2.75) is 17.3 Å². The van der Waals surface area contributed by atoms with Crippen LogP contribution in [0.3, 0.4) is 0 Å². The molecule has 0 amide bonds. The van der Waals surface area contributed by atoms with Crippen LogP contribution in [0, 0.1) is 0 Å². The minimum Gasteiger partial charge on any atom is -0.497 e. The molecule has 0 saturated carbocycles. The molecule has 10 heteroatoms. The number of ether oxygens (including phenoxy) is 1. The van der Waals surface area contributed by atoms with E-state index < -0.39 is 10.0 Å². The van der Waals surface area contributed by atoms with Crippen molar-refractivity contribution in [3.63, 3.8) is 0 Å². The van der Waals surface area contributed by atoms with Crippen molar-refractivity contribution in [2.24, 2.45) is 10.1 Å². The van der Waals surface area contributed by atoms with Crippen molar-refractivity contribution in [3.8, 4) is 5.75 Å². The number of thiophene rings is 1. The van der Waals surface area contributed by atoms with Crippen molar-refractivity contribution in [3.05, 3.63) is 46.8 Å². The van der Waals surface area contributed by atoms with Crippen LogP contribution in [0.1, 0.15) is 10.4 Å². The van der Waals surface area contributed by atoms with Gasteiger partial charge in [0.15, 0.2) is 5.96 Å². The minimum absolute atomic E-state index is 0. The fraction of sp³-hybridized carbons (Fsp3) is 0.267. The molecule has 0 aliphatic rings. The fourth-order valence-corrected chi connectivity index (χ4v) is 3.68. The molecule has 2 rings (SSSR count). The molecular weight excluding hydrogens is 475 g/mol. The molecular formula is C15H21IN4O3S2. The Morgan fingerprint density at radius 2 is 1.96 bits per heavy atom. The Morgan fingerprint density at radius 3 is 2.56 bits per heavy atom. The average Bonchev–Trinajstić information content (AvgIpc) is 3.04. The summed E-state index contributed by atoms with van der Waals surface area (Å²) in [5.41, 5.74) is 1.06. The van der Waals surface area contributed by atoms with Crippen molar-refractivity contribution >= 4 is 51.3 Å². The monoisotopic (exact) mass is 496 g/mol. The Balaban J connectivity index is 0.00000312. The first-order valence-electron chi connectivity index (χ1n) is 7.11. The van der Waals surface area contributed by atoms with E-state index in [0.29, 0.717) is 19.0 Å². The van der Waals surface area contributed by atoms with Gasteiger partial charge < -0.3 is 15.4 Å². The third kappa shape index (κ3) is 6.80. The zero-order valence-electron chi connectivity index (χ0n) is 13.9. The highest BCUT2D eigenvalue weighted by atomic mass is 127. The second-order valence-corrected chi connectivity index (χ2v) is 7.85. The van der Waals surface area contributed by atoms with Crippen molar-refractivity contribution in [2.75, 3.05) is 14.2 Å². The predicted molar refractivity (Wildman–Crippen MR) is 111 cm³/mol. The Hall–Kier alpha value is -1.37. The highest BCUT2D eigenvalue weighted by Crippen LogP contribution is 2.19. The molecule has 1 heterocycles. The molecule has 0 fully saturated rings. The fourth-order valence-electron chi connectivity index (χ4n) is 1.97. The Kier molecular flexibility index (Phi) is 8.62. The lowest BCUT2D eigenvalue weighted by Crippen LogP contribution is -2.36. The highest BCUT2D eigenvalue weighted by molar-refractivity contribution is 14.0. The van der Waals surface area contributed by atoms with Gasteiger partial charge in [0.25, 0.3) is 0 Å². The summed E-state index contributed by atoms with van der Waals surface area (Å²) in [6.07, 6.45) is 0. The Labute approximate surface area is 168 Å². The van der Waals surface area contributed by atoms with Crippen molar-refractivity contribution < 1.29 is 13.2 Å². The Bertz CT molecular complexity index is 822. The quantitative estimate of drug-likeness (QED) is 0.322. The molecule has 2 aromatic rings. The van der Waals surface area contributed by atoms with E-state index in [1.165, 1.54) is 6.07 Å². The van der Waals surface area contributed by atoms with Gasteiger partial charge in [0.1, 0.15) is 9.96 Å². The van der Waals surface area contributed by atoms with Crippen LogP contribution in [0.25, 0.3) is 0 Å². The van der Waals surface area contributed by atoms with Crippen LogP contribution in [0.4, 0.5) is 0 Å². The molecule has 25 heavy (non-hydrogen) atoms. The number of halogens is 1. The van der Waals surface area contributed by atoms with E-state index in [9.17, 15) is 8.42 Å². The van der Waals surface area contributed by atoms with E-state index in [2.05, 4.69) is 15.6 Å². The summed E-state index contributed by atoms with van der Waals surface area (Å²) in [4.78, 5) is 4.99. The summed E-state index contributed by atoms with van der Waals surface area (Å²) in [5, 5.41) is 11.4. The summed E-state index contributed by atoms with van der Waals surface area (Å²) in [6, 6.07) is 11.0. The van der Waals surface area contributed by atoms with Gasteiger partial charge in [-0.2, -0.15) is 0 Å². The van der Waals surface area contributed by atoms with E-state index in [-0.39, 0.29) is 28.2 Å². The molecule has 0 atom stereocenters. The number of sulfonamides is 1. The molecule has 0 aliphatic carbocycles. The number of hydrogen-bond acceptors (Lipinski definition) is 5. The van der Waals surface area contributed by atoms with Crippen LogP contribution in [-0.4, -0.2) is 28.5 Å². The van der Waals surface area contributed by atoms with E-state index in [4.69, 9.17) is 9.88 Å². The maximum Gasteiger partial charge on any atom is 0.247 e. The molecule has 7 nitrogen and oxygen atoms in total. The second kappa shape index (κ2) is 9.94. The maximum atomic E-state index is 11.3. The lowest BCUT2D eigenvalue weighted by molar-refractivity contribution is 0.414. The SMILES string of the molecule is CN=C(NCc1cccc(OC)c1)NCc1ccc(S(N)(=O)=O)s1.I. The van der Waals surface area contributed by atoms with Gasteiger partial charge in [0.05, 0.1) is 13.7 Å². The number of nitrogens with two attached hydrogens (primary N) is 1. The largest absolute Gasteiger partial charge is 0.497 e. The van der Waals surface area contributed by atoms with Gasteiger partial charge in [-0.15, -0.1) is 35.3 Å². The van der Waals surface area contributed by atoms with Crippen molar-refractivity contribution in [1.82, 2.24) is 10.6 Å². The lowest BCUT2D eigenvalue weighted by Gasteiger charge is -2.11. The van der Waals surface area contributed by atoms with Gasteiger partial charge in [-0.3, -0.25) is 4.99 Å². The smallest absolute Gasteiger partial charge is 0.247 e. The molecule has 1 aromatic carbocycles. The standard InChI is InChI=1S/C15H20N4O3S2.HI/c1-17-15(18-9-11-4-3-5-12(8-11)22-2)19-10-13-6-7-14(23-13)24(16,20)21;/h3-8H,9-10H2,1-2H3,(H2,16,20,21)(H2,17,18,19);1H. The number of primary sulfonamides is 1. The highest BCUT2D eigenvalue weighted by Gasteiger charge is 2.11. The summed E-state index contributed by atoms with van der Waals surface area (Å²) in [5.74, 6) is 1.41. The van der Waals surface area contributed by atoms with Gasteiger partial charge >= 0.3 is 0 Å². The number of methoxy groups -OCH3 is 1. The first-order chi connectivity index (χ1) is 11.4. The van der Waals surface area contributed by atoms with Crippen LogP contribution >= 0.6 is 35.3 Å². The van der Waals surface area contributed by atoms with Crippen LogP contribution in [0.5, 0.6) is 5.75 Å². The minimum atomic E-state index is -3.65. The molecule has 0 bridgehead atoms. The van der Waals surface area contributed by atoms with Crippen LogP contribution in [0.2, 0.25) is 0 Å². The Morgan fingerprint density at radius 1 is 1.24 bits per heavy atom. The molecule has 0 radical (unpaired) electrons. The van der Waals surface area contributed by atoms with Gasteiger partial charge in [0.2, 0.25) is 10.0 Å². The molecule has 138 valence electrons. The zero-order valence-corrected chi connectivity index (χ0v) is 17.8. The molecule has 0 saturated heterocycles. The average molecular weight is 496 g/mol. The third-order valence-corrected chi connectivity index (χ3v) is 5.69. The third-order valence-electron chi connectivity index (χ3n) is 3.17. The number of guanidine groups is 1. The molecule has 4 N–H and O–H groups in total. The first-order valence-corrected chi connectivity index (χ1v) is 9.47. The normalized spacial score (nSPS) is 11.6. The number of nitrogens with one attached hydrogen (secondary N) is 2. The molecule has 0 spiro atoms. The van der Waals surface area contributed by atoms with E-state index >= 15 is 0 Å². The first kappa shape index (κ1) is 21.7. The summed E-state index contributed by atoms with van der Waals surface area (Å²) >= 11 is 1.14.